The van der Waals surface area contributed by atoms with Crippen molar-refractivity contribution < 1.29 is 19.2 Å². The van der Waals surface area contributed by atoms with Crippen LogP contribution >= 0.6 is 11.3 Å². The van der Waals surface area contributed by atoms with E-state index in [0.29, 0.717) is 56.7 Å². The molecule has 162 valence electrons. The van der Waals surface area contributed by atoms with Gasteiger partial charge in [-0.25, -0.2) is 4.79 Å². The van der Waals surface area contributed by atoms with Crippen molar-refractivity contribution in [3.8, 4) is 0 Å². The molecule has 0 saturated carbocycles. The van der Waals surface area contributed by atoms with Crippen molar-refractivity contribution in [3.63, 3.8) is 0 Å². The van der Waals surface area contributed by atoms with Gasteiger partial charge in [0.15, 0.2) is 0 Å². The summed E-state index contributed by atoms with van der Waals surface area (Å²) in [5, 5.41) is 2.92. The third kappa shape index (κ3) is 3.59. The Bertz CT molecular complexity index is 874. The highest BCUT2D eigenvalue weighted by molar-refractivity contribution is 7.13. The number of nitrogens with one attached hydrogen (secondary N) is 1. The van der Waals surface area contributed by atoms with Crippen LogP contribution in [0.15, 0.2) is 12.1 Å². The van der Waals surface area contributed by atoms with Gasteiger partial charge in [0, 0.05) is 37.5 Å². The fraction of sp³-hybridized carbons (Fsp3) is 0.619. The molecule has 3 aliphatic rings. The average molecular weight is 433 g/mol. The number of hydrogen-bond donors (Lipinski definition) is 1. The summed E-state index contributed by atoms with van der Waals surface area (Å²) in [4.78, 5) is 57.6. The van der Waals surface area contributed by atoms with Crippen molar-refractivity contribution in [1.29, 1.82) is 0 Å². The van der Waals surface area contributed by atoms with Gasteiger partial charge in [-0.3, -0.25) is 19.3 Å². The van der Waals surface area contributed by atoms with Crippen LogP contribution in [0.5, 0.6) is 0 Å². The molecule has 3 fully saturated rings. The number of nitrogens with zero attached hydrogens (tertiary/aromatic N) is 3. The number of carbonyl (C=O) groups is 4. The number of aryl methyl sites for hydroxylation is 1. The van der Waals surface area contributed by atoms with E-state index in [0.717, 1.165) is 11.3 Å². The van der Waals surface area contributed by atoms with E-state index in [1.165, 1.54) is 16.2 Å². The Morgan fingerprint density at radius 1 is 1.17 bits per heavy atom. The number of likely N-dealkylation sites (tertiary alicyclic amines) is 2. The number of piperidine rings is 2. The van der Waals surface area contributed by atoms with Crippen molar-refractivity contribution in [1.82, 2.24) is 20.0 Å². The van der Waals surface area contributed by atoms with Gasteiger partial charge >= 0.3 is 6.03 Å². The monoisotopic (exact) mass is 432 g/mol. The topological polar surface area (TPSA) is 90.0 Å². The average Bonchev–Trinajstić information content (AvgIpc) is 3.28. The van der Waals surface area contributed by atoms with Crippen LogP contribution in [0.4, 0.5) is 4.79 Å². The second kappa shape index (κ2) is 8.02. The first-order chi connectivity index (χ1) is 14.3. The molecule has 1 N–H and O–H groups in total. The first-order valence-corrected chi connectivity index (χ1v) is 11.5. The second-order valence-corrected chi connectivity index (χ2v) is 9.67. The fourth-order valence-electron chi connectivity index (χ4n) is 4.73. The van der Waals surface area contributed by atoms with E-state index in [4.69, 9.17) is 0 Å². The third-order valence-corrected chi connectivity index (χ3v) is 7.45. The minimum atomic E-state index is -0.918. The SMILES string of the molecule is CCC(=O)N1CCC2(CC1)NC(=O)N([C@H]1CCCN(C(=O)c3ccc(C)s3)C1)C2=O. The molecule has 3 aliphatic heterocycles. The number of thiophene rings is 1. The number of rotatable bonds is 3. The molecule has 5 amide bonds. The predicted octanol–water partition coefficient (Wildman–Crippen LogP) is 1.98. The third-order valence-electron chi connectivity index (χ3n) is 6.47. The lowest BCUT2D eigenvalue weighted by atomic mass is 9.87. The molecule has 8 nitrogen and oxygen atoms in total. The molecule has 30 heavy (non-hydrogen) atoms. The smallest absolute Gasteiger partial charge is 0.325 e. The maximum absolute atomic E-state index is 13.3. The van der Waals surface area contributed by atoms with E-state index in [2.05, 4.69) is 5.32 Å². The van der Waals surface area contributed by atoms with Gasteiger partial charge in [0.05, 0.1) is 10.9 Å². The minimum Gasteiger partial charge on any atom is -0.343 e. The molecule has 9 heteroatoms. The quantitative estimate of drug-likeness (QED) is 0.740. The lowest BCUT2D eigenvalue weighted by molar-refractivity contribution is -0.139. The molecule has 1 spiro atoms. The summed E-state index contributed by atoms with van der Waals surface area (Å²) in [7, 11) is 0. The summed E-state index contributed by atoms with van der Waals surface area (Å²) in [6, 6.07) is 3.07. The number of urea groups is 1. The number of carbonyl (C=O) groups excluding carboxylic acids is 4. The highest BCUT2D eigenvalue weighted by atomic mass is 32.1. The standard InChI is InChI=1S/C21H28N4O4S/c1-3-17(26)23-11-8-21(9-12-23)19(28)25(20(29)22-21)15-5-4-10-24(13-15)18(27)16-7-6-14(2)30-16/h6-7,15H,3-5,8-13H2,1-2H3,(H,22,29)/t15-/m0/s1. The molecule has 1 atom stereocenters. The highest BCUT2D eigenvalue weighted by Gasteiger charge is 2.54. The normalized spacial score (nSPS) is 23.8. The molecule has 3 saturated heterocycles. The Labute approximate surface area is 180 Å². The number of hydrogen-bond acceptors (Lipinski definition) is 5. The van der Waals surface area contributed by atoms with Crippen molar-refractivity contribution in [2.45, 2.75) is 57.5 Å². The van der Waals surface area contributed by atoms with Crippen LogP contribution in [-0.4, -0.2) is 76.2 Å². The van der Waals surface area contributed by atoms with Crippen molar-refractivity contribution >= 4 is 35.1 Å². The summed E-state index contributed by atoms with van der Waals surface area (Å²) in [5.74, 6) is -0.169. The highest BCUT2D eigenvalue weighted by Crippen LogP contribution is 2.33. The van der Waals surface area contributed by atoms with E-state index >= 15 is 0 Å². The van der Waals surface area contributed by atoms with E-state index in [-0.39, 0.29) is 29.8 Å². The second-order valence-electron chi connectivity index (χ2n) is 8.38. The molecule has 0 unspecified atom stereocenters. The molecule has 0 aliphatic carbocycles. The minimum absolute atomic E-state index is 0.0362. The molecule has 0 aromatic carbocycles. The zero-order valence-corrected chi connectivity index (χ0v) is 18.3. The maximum Gasteiger partial charge on any atom is 0.325 e. The van der Waals surface area contributed by atoms with Gasteiger partial charge in [-0.05, 0) is 44.7 Å². The molecule has 4 heterocycles. The van der Waals surface area contributed by atoms with Gasteiger partial charge < -0.3 is 15.1 Å². The lowest BCUT2D eigenvalue weighted by Crippen LogP contribution is -2.57. The zero-order chi connectivity index (χ0) is 21.5. The molecule has 1 aromatic rings. The predicted molar refractivity (Wildman–Crippen MR) is 112 cm³/mol. The Morgan fingerprint density at radius 3 is 2.53 bits per heavy atom. The van der Waals surface area contributed by atoms with Crippen LogP contribution in [0.1, 0.15) is 53.6 Å². The van der Waals surface area contributed by atoms with E-state index in [1.807, 2.05) is 26.0 Å². The Morgan fingerprint density at radius 2 is 1.90 bits per heavy atom. The van der Waals surface area contributed by atoms with Crippen LogP contribution in [0, 0.1) is 6.92 Å². The van der Waals surface area contributed by atoms with Gasteiger partial charge in [-0.1, -0.05) is 6.92 Å². The first kappa shape index (κ1) is 20.8. The molecule has 0 radical (unpaired) electrons. The van der Waals surface area contributed by atoms with Gasteiger partial charge in [0.2, 0.25) is 5.91 Å². The lowest BCUT2D eigenvalue weighted by Gasteiger charge is -2.39. The van der Waals surface area contributed by atoms with Gasteiger partial charge in [-0.15, -0.1) is 11.3 Å². The van der Waals surface area contributed by atoms with Gasteiger partial charge in [-0.2, -0.15) is 0 Å². The Balaban J connectivity index is 1.45. The van der Waals surface area contributed by atoms with E-state index < -0.39 is 5.54 Å². The molecular formula is C21H28N4O4S. The van der Waals surface area contributed by atoms with E-state index in [1.54, 1.807) is 9.80 Å². The Kier molecular flexibility index (Phi) is 5.57. The van der Waals surface area contributed by atoms with Crippen LogP contribution in [0.2, 0.25) is 0 Å². The van der Waals surface area contributed by atoms with Crippen LogP contribution < -0.4 is 5.32 Å². The fourth-order valence-corrected chi connectivity index (χ4v) is 5.56. The first-order valence-electron chi connectivity index (χ1n) is 10.6. The van der Waals surface area contributed by atoms with Gasteiger partial charge in [0.1, 0.15) is 5.54 Å². The molecular weight excluding hydrogens is 404 g/mol. The van der Waals surface area contributed by atoms with Crippen molar-refractivity contribution in [2.75, 3.05) is 26.2 Å². The van der Waals surface area contributed by atoms with Crippen LogP contribution in [-0.2, 0) is 9.59 Å². The van der Waals surface area contributed by atoms with Crippen LogP contribution in [0.25, 0.3) is 0 Å². The summed E-state index contributed by atoms with van der Waals surface area (Å²) in [6.45, 7) is 5.73. The molecule has 1 aromatic heterocycles. The van der Waals surface area contributed by atoms with Crippen molar-refractivity contribution in [3.05, 3.63) is 21.9 Å². The largest absolute Gasteiger partial charge is 0.343 e. The van der Waals surface area contributed by atoms with Gasteiger partial charge in [0.25, 0.3) is 11.8 Å². The summed E-state index contributed by atoms with van der Waals surface area (Å²) >= 11 is 1.46. The zero-order valence-electron chi connectivity index (χ0n) is 17.5. The molecule has 0 bridgehead atoms. The van der Waals surface area contributed by atoms with Crippen molar-refractivity contribution in [2.24, 2.45) is 0 Å². The summed E-state index contributed by atoms with van der Waals surface area (Å²) < 4.78 is 0. The number of imide groups is 1. The van der Waals surface area contributed by atoms with E-state index in [9.17, 15) is 19.2 Å². The molecule has 4 rings (SSSR count). The van der Waals surface area contributed by atoms with Crippen LogP contribution in [0.3, 0.4) is 0 Å². The summed E-state index contributed by atoms with van der Waals surface area (Å²) in [5.41, 5.74) is -0.918. The summed E-state index contributed by atoms with van der Waals surface area (Å²) in [6.07, 6.45) is 2.76. The maximum atomic E-state index is 13.3. The number of amides is 5. The Hall–Kier alpha value is -2.42.